The van der Waals surface area contributed by atoms with Crippen LogP contribution in [-0.2, 0) is 6.54 Å². The number of nitrogens with zero attached hydrogens (tertiary/aromatic N) is 4. The highest BCUT2D eigenvalue weighted by Crippen LogP contribution is 2.21. The molecule has 0 spiro atoms. The molecule has 0 radical (unpaired) electrons. The number of tetrazole rings is 1. The lowest BCUT2D eigenvalue weighted by Crippen LogP contribution is -3.29. The Morgan fingerprint density at radius 2 is 1.65 bits per heavy atom. The minimum atomic E-state index is -0.204. The fourth-order valence-electron chi connectivity index (χ4n) is 5.46. The number of hydrogen-bond donors (Lipinski definition) is 2. The summed E-state index contributed by atoms with van der Waals surface area (Å²) in [5.74, 6) is 0.563. The summed E-state index contributed by atoms with van der Waals surface area (Å²) in [5, 5.41) is 12.7. The molecule has 6 nitrogen and oxygen atoms in total. The maximum atomic E-state index is 15.0. The third-order valence-corrected chi connectivity index (χ3v) is 7.08. The van der Waals surface area contributed by atoms with Gasteiger partial charge in [-0.25, -0.2) is 9.07 Å². The Bertz CT molecular complexity index is 976. The summed E-state index contributed by atoms with van der Waals surface area (Å²) in [5.41, 5.74) is 1.82. The summed E-state index contributed by atoms with van der Waals surface area (Å²) < 4.78 is 16.8. The molecule has 1 aliphatic heterocycles. The van der Waals surface area contributed by atoms with Gasteiger partial charge in [0.1, 0.15) is 32.0 Å². The fraction of sp³-hybridized carbons (Fsp3) is 0.458. The van der Waals surface area contributed by atoms with E-state index in [-0.39, 0.29) is 11.9 Å². The molecule has 2 heterocycles. The predicted molar refractivity (Wildman–Crippen MR) is 115 cm³/mol. The molecule has 162 valence electrons. The number of hydrogen-bond acceptors (Lipinski definition) is 3. The lowest BCUT2D eigenvalue weighted by atomic mass is 10.0. The van der Waals surface area contributed by atoms with Crippen LogP contribution in [0, 0.1) is 5.82 Å². The zero-order chi connectivity index (χ0) is 21.0. The molecule has 31 heavy (non-hydrogen) atoms. The molecule has 2 N–H and O–H groups in total. The molecule has 0 bridgehead atoms. The van der Waals surface area contributed by atoms with E-state index in [1.54, 1.807) is 17.0 Å². The largest absolute Gasteiger partial charge is 0.323 e. The highest BCUT2D eigenvalue weighted by molar-refractivity contribution is 5.25. The van der Waals surface area contributed by atoms with Crippen molar-refractivity contribution in [3.63, 3.8) is 0 Å². The van der Waals surface area contributed by atoms with Gasteiger partial charge in [0.25, 0.3) is 0 Å². The van der Waals surface area contributed by atoms with Gasteiger partial charge in [0.05, 0.1) is 18.2 Å². The summed E-state index contributed by atoms with van der Waals surface area (Å²) in [6.07, 6.45) is 5.46. The Hall–Kier alpha value is -2.64. The predicted octanol–water partition coefficient (Wildman–Crippen LogP) is 0.676. The highest BCUT2D eigenvalue weighted by atomic mass is 19.1. The van der Waals surface area contributed by atoms with Gasteiger partial charge >= 0.3 is 0 Å². The molecule has 2 fully saturated rings. The molecule has 1 saturated carbocycles. The Kier molecular flexibility index (Phi) is 6.04. The van der Waals surface area contributed by atoms with Crippen molar-refractivity contribution in [1.82, 2.24) is 20.2 Å². The second kappa shape index (κ2) is 9.24. The van der Waals surface area contributed by atoms with Crippen molar-refractivity contribution >= 4 is 0 Å². The van der Waals surface area contributed by atoms with Gasteiger partial charge in [-0.15, -0.1) is 5.10 Å². The van der Waals surface area contributed by atoms with Crippen molar-refractivity contribution in [3.05, 3.63) is 77.4 Å². The van der Waals surface area contributed by atoms with Crippen LogP contribution in [0.4, 0.5) is 4.39 Å². The molecular weight excluding hydrogens is 391 g/mol. The summed E-state index contributed by atoms with van der Waals surface area (Å²) in [4.78, 5) is 3.09. The number of rotatable bonds is 6. The Labute approximate surface area is 182 Å². The standard InChI is InChI=1S/C24H29FN6/c25-22-13-7-6-12-21(22)23(30-16-14-29(15-17-30)20-10-4-5-11-20)24-26-27-28-31(24)18-19-8-2-1-3-9-19/h1-3,6-9,12-13,20,23H,4-5,10-11,14-18H2/p+2/t23-/m1/s1. The second-order valence-electron chi connectivity index (χ2n) is 8.93. The quantitative estimate of drug-likeness (QED) is 0.614. The lowest BCUT2D eigenvalue weighted by Gasteiger charge is -2.36. The average molecular weight is 423 g/mol. The van der Waals surface area contributed by atoms with E-state index < -0.39 is 0 Å². The maximum Gasteiger partial charge on any atom is 0.214 e. The monoisotopic (exact) mass is 422 g/mol. The van der Waals surface area contributed by atoms with Crippen LogP contribution in [-0.4, -0.2) is 52.4 Å². The van der Waals surface area contributed by atoms with Crippen molar-refractivity contribution in [1.29, 1.82) is 0 Å². The molecule has 5 rings (SSSR count). The SMILES string of the molecule is Fc1ccccc1[C@H](c1nnnn1Cc1ccccc1)[NH+]1CC[NH+](C2CCCC2)CC1. The van der Waals surface area contributed by atoms with Crippen molar-refractivity contribution in [2.24, 2.45) is 0 Å². The molecule has 1 aromatic heterocycles. The zero-order valence-electron chi connectivity index (χ0n) is 17.9. The van der Waals surface area contributed by atoms with Crippen LogP contribution < -0.4 is 9.80 Å². The summed E-state index contributed by atoms with van der Waals surface area (Å²) in [6, 6.07) is 17.9. The van der Waals surface area contributed by atoms with E-state index in [0.717, 1.165) is 43.6 Å². The molecular formula is C24H31FN6+2. The molecule has 1 aliphatic carbocycles. The third kappa shape index (κ3) is 4.38. The van der Waals surface area contributed by atoms with Gasteiger partial charge in [-0.3, -0.25) is 0 Å². The fourth-order valence-corrected chi connectivity index (χ4v) is 5.46. The molecule has 0 amide bonds. The van der Waals surface area contributed by atoms with Gasteiger partial charge in [0.15, 0.2) is 6.04 Å². The van der Waals surface area contributed by atoms with Gasteiger partial charge in [0, 0.05) is 0 Å². The summed E-state index contributed by atoms with van der Waals surface area (Å²) >= 11 is 0. The third-order valence-electron chi connectivity index (χ3n) is 7.08. The minimum Gasteiger partial charge on any atom is -0.323 e. The first-order valence-electron chi connectivity index (χ1n) is 11.5. The van der Waals surface area contributed by atoms with Crippen LogP contribution in [0.1, 0.15) is 48.7 Å². The molecule has 7 heteroatoms. The van der Waals surface area contributed by atoms with Crippen LogP contribution in [0.15, 0.2) is 54.6 Å². The Morgan fingerprint density at radius 1 is 0.935 bits per heavy atom. The van der Waals surface area contributed by atoms with E-state index in [4.69, 9.17) is 0 Å². The van der Waals surface area contributed by atoms with Crippen molar-refractivity contribution < 1.29 is 14.2 Å². The number of halogens is 1. The first-order chi connectivity index (χ1) is 15.3. The maximum absolute atomic E-state index is 15.0. The number of benzene rings is 2. The zero-order valence-corrected chi connectivity index (χ0v) is 17.9. The Balaban J connectivity index is 1.43. The van der Waals surface area contributed by atoms with Gasteiger partial charge < -0.3 is 9.80 Å². The topological polar surface area (TPSA) is 52.5 Å². The number of aromatic nitrogens is 4. The van der Waals surface area contributed by atoms with Gasteiger partial charge in [-0.05, 0) is 53.8 Å². The molecule has 1 saturated heterocycles. The minimum absolute atomic E-state index is 0.181. The van der Waals surface area contributed by atoms with Crippen molar-refractivity contribution in [3.8, 4) is 0 Å². The van der Waals surface area contributed by atoms with Crippen LogP contribution in [0.3, 0.4) is 0 Å². The molecule has 2 aliphatic rings. The van der Waals surface area contributed by atoms with E-state index in [1.807, 2.05) is 35.0 Å². The van der Waals surface area contributed by atoms with Gasteiger partial charge in [0.2, 0.25) is 5.82 Å². The van der Waals surface area contributed by atoms with Gasteiger partial charge in [-0.1, -0.05) is 42.5 Å². The van der Waals surface area contributed by atoms with E-state index in [2.05, 4.69) is 27.7 Å². The smallest absolute Gasteiger partial charge is 0.214 e. The second-order valence-corrected chi connectivity index (χ2v) is 8.93. The normalized spacial score (nSPS) is 23.1. The summed E-state index contributed by atoms with van der Waals surface area (Å²) in [7, 11) is 0. The van der Waals surface area contributed by atoms with E-state index >= 15 is 0 Å². The van der Waals surface area contributed by atoms with E-state index in [9.17, 15) is 4.39 Å². The first kappa shape index (κ1) is 20.3. The molecule has 2 aromatic carbocycles. The van der Waals surface area contributed by atoms with Crippen LogP contribution in [0.2, 0.25) is 0 Å². The molecule has 0 unspecified atom stereocenters. The molecule has 1 atom stereocenters. The summed E-state index contributed by atoms with van der Waals surface area (Å²) in [6.45, 7) is 4.85. The number of nitrogens with one attached hydrogen (secondary N) is 2. The van der Waals surface area contributed by atoms with E-state index in [0.29, 0.717) is 12.1 Å². The van der Waals surface area contributed by atoms with E-state index in [1.165, 1.54) is 30.6 Å². The Morgan fingerprint density at radius 3 is 2.39 bits per heavy atom. The molecule has 3 aromatic rings. The highest BCUT2D eigenvalue weighted by Gasteiger charge is 2.39. The average Bonchev–Trinajstić information content (AvgIpc) is 3.50. The number of piperazine rings is 1. The van der Waals surface area contributed by atoms with Gasteiger partial charge in [-0.2, -0.15) is 0 Å². The van der Waals surface area contributed by atoms with Crippen LogP contribution in [0.5, 0.6) is 0 Å². The lowest BCUT2D eigenvalue weighted by molar-refractivity contribution is -1.03. The van der Waals surface area contributed by atoms with Crippen LogP contribution in [0.25, 0.3) is 0 Å². The number of quaternary nitrogens is 2. The van der Waals surface area contributed by atoms with Crippen molar-refractivity contribution in [2.75, 3.05) is 26.2 Å². The van der Waals surface area contributed by atoms with Crippen LogP contribution >= 0.6 is 0 Å². The van der Waals surface area contributed by atoms with Crippen molar-refractivity contribution in [2.45, 2.75) is 44.3 Å². The first-order valence-corrected chi connectivity index (χ1v) is 11.5.